The monoisotopic (exact) mass is 319 g/mol. The van der Waals surface area contributed by atoms with Gasteiger partial charge in [-0.1, -0.05) is 18.5 Å². The molecule has 0 heterocycles. The minimum atomic E-state index is -3.48. The van der Waals surface area contributed by atoms with Crippen molar-refractivity contribution < 1.29 is 8.42 Å². The summed E-state index contributed by atoms with van der Waals surface area (Å²) < 4.78 is 26.9. The number of rotatable bonds is 8. The van der Waals surface area contributed by atoms with Gasteiger partial charge < -0.3 is 10.2 Å². The third-order valence-corrected chi connectivity index (χ3v) is 4.57. The van der Waals surface area contributed by atoms with Crippen molar-refractivity contribution in [3.63, 3.8) is 0 Å². The lowest BCUT2D eigenvalue weighted by Crippen LogP contribution is -2.31. The number of nitrogens with one attached hydrogen (secondary N) is 2. The summed E-state index contributed by atoms with van der Waals surface area (Å²) in [6.07, 6.45) is 0. The first kappa shape index (κ1) is 17.4. The minimum absolute atomic E-state index is 0.244. The Morgan fingerprint density at radius 2 is 2.00 bits per heavy atom. The second kappa shape index (κ2) is 7.95. The molecular formula is C13H22ClN3O2S. The second-order valence-corrected chi connectivity index (χ2v) is 6.91. The second-order valence-electron chi connectivity index (χ2n) is 4.73. The molecule has 0 spiro atoms. The van der Waals surface area contributed by atoms with Crippen LogP contribution in [-0.2, 0) is 16.6 Å². The molecule has 20 heavy (non-hydrogen) atoms. The summed E-state index contributed by atoms with van der Waals surface area (Å²) in [5, 5.41) is 3.70. The summed E-state index contributed by atoms with van der Waals surface area (Å²) in [5.74, 6) is 0. The average molecular weight is 320 g/mol. The van der Waals surface area contributed by atoms with E-state index in [1.54, 1.807) is 12.1 Å². The predicted molar refractivity (Wildman–Crippen MR) is 82.6 cm³/mol. The Balaban J connectivity index is 2.83. The van der Waals surface area contributed by atoms with Crippen LogP contribution < -0.4 is 10.0 Å². The summed E-state index contributed by atoms with van der Waals surface area (Å²) >= 11 is 6.07. The van der Waals surface area contributed by atoms with E-state index < -0.39 is 10.0 Å². The molecule has 1 aromatic carbocycles. The Morgan fingerprint density at radius 3 is 2.60 bits per heavy atom. The topological polar surface area (TPSA) is 61.4 Å². The van der Waals surface area contributed by atoms with Crippen molar-refractivity contribution in [3.05, 3.63) is 28.8 Å². The van der Waals surface area contributed by atoms with Crippen LogP contribution in [0.4, 0.5) is 0 Å². The highest BCUT2D eigenvalue weighted by atomic mass is 35.5. The molecule has 0 bridgehead atoms. The van der Waals surface area contributed by atoms with Crippen LogP contribution in [0, 0.1) is 0 Å². The fraction of sp³-hybridized carbons (Fsp3) is 0.538. The summed E-state index contributed by atoms with van der Waals surface area (Å²) in [4.78, 5) is 2.16. The number of nitrogens with zero attached hydrogens (tertiary/aromatic N) is 1. The molecule has 114 valence electrons. The van der Waals surface area contributed by atoms with Gasteiger partial charge in [0.1, 0.15) is 0 Å². The highest BCUT2D eigenvalue weighted by molar-refractivity contribution is 7.89. The number of hydrogen-bond acceptors (Lipinski definition) is 4. The molecule has 0 amide bonds. The van der Waals surface area contributed by atoms with Gasteiger partial charge in [-0.25, -0.2) is 13.1 Å². The Labute approximate surface area is 126 Å². The quantitative estimate of drug-likeness (QED) is 0.758. The van der Waals surface area contributed by atoms with Crippen molar-refractivity contribution in [2.24, 2.45) is 0 Å². The first-order valence-electron chi connectivity index (χ1n) is 6.50. The van der Waals surface area contributed by atoms with Gasteiger partial charge in [0, 0.05) is 24.7 Å². The van der Waals surface area contributed by atoms with Gasteiger partial charge in [0.2, 0.25) is 10.0 Å². The van der Waals surface area contributed by atoms with Gasteiger partial charge in [-0.15, -0.1) is 0 Å². The SMILES string of the molecule is CCNCc1cc(S(=O)(=O)NCCN(C)C)ccc1Cl. The van der Waals surface area contributed by atoms with E-state index in [-0.39, 0.29) is 4.90 Å². The van der Waals surface area contributed by atoms with E-state index in [9.17, 15) is 8.42 Å². The lowest BCUT2D eigenvalue weighted by atomic mass is 10.2. The normalized spacial score (nSPS) is 12.1. The van der Waals surface area contributed by atoms with Crippen LogP contribution in [0.1, 0.15) is 12.5 Å². The largest absolute Gasteiger partial charge is 0.313 e. The van der Waals surface area contributed by atoms with Crippen LogP contribution in [0.5, 0.6) is 0 Å². The van der Waals surface area contributed by atoms with Crippen molar-refractivity contribution in [1.29, 1.82) is 0 Å². The third-order valence-electron chi connectivity index (χ3n) is 2.74. The van der Waals surface area contributed by atoms with E-state index in [0.717, 1.165) is 12.1 Å². The molecule has 1 aromatic rings. The fourth-order valence-electron chi connectivity index (χ4n) is 1.60. The van der Waals surface area contributed by atoms with Gasteiger partial charge >= 0.3 is 0 Å². The zero-order valence-electron chi connectivity index (χ0n) is 12.1. The molecule has 7 heteroatoms. The maximum atomic E-state index is 12.2. The molecule has 0 saturated heterocycles. The number of benzene rings is 1. The van der Waals surface area contributed by atoms with Gasteiger partial charge in [0.05, 0.1) is 4.90 Å². The summed E-state index contributed by atoms with van der Waals surface area (Å²) in [7, 11) is 0.305. The third kappa shape index (κ3) is 5.38. The minimum Gasteiger partial charge on any atom is -0.313 e. The van der Waals surface area contributed by atoms with Gasteiger partial charge in [0.25, 0.3) is 0 Å². The Hall–Kier alpha value is -0.660. The van der Waals surface area contributed by atoms with E-state index in [1.165, 1.54) is 6.07 Å². The molecule has 2 N–H and O–H groups in total. The highest BCUT2D eigenvalue weighted by Crippen LogP contribution is 2.20. The maximum Gasteiger partial charge on any atom is 0.240 e. The van der Waals surface area contributed by atoms with Crippen molar-refractivity contribution in [1.82, 2.24) is 14.9 Å². The molecule has 0 aromatic heterocycles. The van der Waals surface area contributed by atoms with Crippen LogP contribution in [-0.4, -0.2) is 47.0 Å². The molecule has 0 fully saturated rings. The first-order chi connectivity index (χ1) is 9.36. The van der Waals surface area contributed by atoms with Crippen molar-refractivity contribution in [2.75, 3.05) is 33.7 Å². The van der Waals surface area contributed by atoms with Crippen molar-refractivity contribution in [2.45, 2.75) is 18.4 Å². The van der Waals surface area contributed by atoms with E-state index in [0.29, 0.717) is 24.7 Å². The van der Waals surface area contributed by atoms with Crippen LogP contribution in [0.25, 0.3) is 0 Å². The molecule has 0 atom stereocenters. The number of hydrogen-bond donors (Lipinski definition) is 2. The van der Waals surface area contributed by atoms with Crippen LogP contribution in [0.3, 0.4) is 0 Å². The zero-order chi connectivity index (χ0) is 15.2. The number of likely N-dealkylation sites (N-methyl/N-ethyl adjacent to an activating group) is 1. The van der Waals surface area contributed by atoms with Crippen molar-refractivity contribution in [3.8, 4) is 0 Å². The van der Waals surface area contributed by atoms with Crippen molar-refractivity contribution >= 4 is 21.6 Å². The number of sulfonamides is 1. The Morgan fingerprint density at radius 1 is 1.30 bits per heavy atom. The molecule has 0 radical (unpaired) electrons. The fourth-order valence-corrected chi connectivity index (χ4v) is 2.86. The molecule has 0 aliphatic heterocycles. The summed E-state index contributed by atoms with van der Waals surface area (Å²) in [6.45, 7) is 4.36. The van der Waals surface area contributed by atoms with E-state index in [1.807, 2.05) is 25.9 Å². The molecule has 0 unspecified atom stereocenters. The first-order valence-corrected chi connectivity index (χ1v) is 8.36. The Kier molecular flexibility index (Phi) is 6.91. The van der Waals surface area contributed by atoms with Crippen LogP contribution in [0.2, 0.25) is 5.02 Å². The molecule has 0 aliphatic rings. The summed E-state index contributed by atoms with van der Waals surface area (Å²) in [5.41, 5.74) is 0.781. The molecular weight excluding hydrogens is 298 g/mol. The molecule has 0 saturated carbocycles. The standard InChI is InChI=1S/C13H22ClN3O2S/c1-4-15-10-11-9-12(5-6-13(11)14)20(18,19)16-7-8-17(2)3/h5-6,9,15-16H,4,7-8,10H2,1-3H3. The van der Waals surface area contributed by atoms with E-state index >= 15 is 0 Å². The van der Waals surface area contributed by atoms with E-state index in [4.69, 9.17) is 11.6 Å². The maximum absolute atomic E-state index is 12.2. The zero-order valence-corrected chi connectivity index (χ0v) is 13.7. The smallest absolute Gasteiger partial charge is 0.240 e. The van der Waals surface area contributed by atoms with Gasteiger partial charge in [0.15, 0.2) is 0 Å². The van der Waals surface area contributed by atoms with Crippen LogP contribution in [0.15, 0.2) is 23.1 Å². The van der Waals surface area contributed by atoms with Gasteiger partial charge in [-0.2, -0.15) is 0 Å². The highest BCUT2D eigenvalue weighted by Gasteiger charge is 2.15. The summed E-state index contributed by atoms with van der Waals surface area (Å²) in [6, 6.07) is 4.76. The number of halogens is 1. The van der Waals surface area contributed by atoms with Gasteiger partial charge in [-0.3, -0.25) is 0 Å². The molecule has 1 rings (SSSR count). The molecule has 0 aliphatic carbocycles. The Bertz CT molecular complexity index is 532. The van der Waals surface area contributed by atoms with Crippen LogP contribution >= 0.6 is 11.6 Å². The predicted octanol–water partition coefficient (Wildman–Crippen LogP) is 1.29. The van der Waals surface area contributed by atoms with Gasteiger partial charge in [-0.05, 0) is 44.4 Å². The lowest BCUT2D eigenvalue weighted by molar-refractivity contribution is 0.412. The van der Waals surface area contributed by atoms with E-state index in [2.05, 4.69) is 10.0 Å². The molecule has 5 nitrogen and oxygen atoms in total. The average Bonchev–Trinajstić information content (AvgIpc) is 2.36. The lowest BCUT2D eigenvalue weighted by Gasteiger charge is -2.12.